The standard InChI is InChI=1S/C22H19N3O4/c26-20-11-10-18(15-6-2-1-3-7-15)23-25(20)14-21(27)24-13-17-9-5-4-8-16(17)12-19(24)22(28)29/h1-11,19H,12-14H2,(H,28,29)/t19-/m0/s1. The number of nitrogens with zero attached hydrogens (tertiary/aromatic N) is 3. The highest BCUT2D eigenvalue weighted by Gasteiger charge is 2.34. The Morgan fingerprint density at radius 1 is 0.966 bits per heavy atom. The Balaban J connectivity index is 1.62. The first kappa shape index (κ1) is 18.6. The monoisotopic (exact) mass is 389 g/mol. The van der Waals surface area contributed by atoms with Crippen molar-refractivity contribution in [3.05, 3.63) is 88.2 Å². The summed E-state index contributed by atoms with van der Waals surface area (Å²) in [6, 6.07) is 18.8. The molecule has 1 aliphatic rings. The summed E-state index contributed by atoms with van der Waals surface area (Å²) >= 11 is 0. The average Bonchev–Trinajstić information content (AvgIpc) is 2.74. The third-order valence-electron chi connectivity index (χ3n) is 5.08. The lowest BCUT2D eigenvalue weighted by molar-refractivity contribution is -0.151. The van der Waals surface area contributed by atoms with Crippen LogP contribution in [-0.4, -0.2) is 37.7 Å². The number of hydrogen-bond donors (Lipinski definition) is 1. The van der Waals surface area contributed by atoms with Crippen LogP contribution in [0.4, 0.5) is 0 Å². The first-order valence-electron chi connectivity index (χ1n) is 9.25. The highest BCUT2D eigenvalue weighted by atomic mass is 16.4. The van der Waals surface area contributed by atoms with Gasteiger partial charge in [0.15, 0.2) is 0 Å². The summed E-state index contributed by atoms with van der Waals surface area (Å²) in [5, 5.41) is 13.9. The SMILES string of the molecule is O=C(O)[C@@H]1Cc2ccccc2CN1C(=O)Cn1nc(-c2ccccc2)ccc1=O. The molecule has 0 fully saturated rings. The van der Waals surface area contributed by atoms with Crippen molar-refractivity contribution in [3.8, 4) is 11.3 Å². The minimum atomic E-state index is -1.06. The van der Waals surface area contributed by atoms with E-state index in [2.05, 4.69) is 5.10 Å². The van der Waals surface area contributed by atoms with Crippen LogP contribution in [0.5, 0.6) is 0 Å². The smallest absolute Gasteiger partial charge is 0.326 e. The van der Waals surface area contributed by atoms with Gasteiger partial charge in [0.05, 0.1) is 5.69 Å². The van der Waals surface area contributed by atoms with E-state index in [0.717, 1.165) is 21.4 Å². The number of hydrogen-bond acceptors (Lipinski definition) is 4. The average molecular weight is 389 g/mol. The van der Waals surface area contributed by atoms with Crippen molar-refractivity contribution in [2.24, 2.45) is 0 Å². The Hall–Kier alpha value is -3.74. The van der Waals surface area contributed by atoms with Crippen LogP contribution < -0.4 is 5.56 Å². The molecular formula is C22H19N3O4. The molecule has 4 rings (SSSR count). The Morgan fingerprint density at radius 2 is 1.66 bits per heavy atom. The Morgan fingerprint density at radius 3 is 2.38 bits per heavy atom. The molecule has 2 heterocycles. The molecule has 2 aromatic carbocycles. The van der Waals surface area contributed by atoms with Gasteiger partial charge in [-0.1, -0.05) is 54.6 Å². The van der Waals surface area contributed by atoms with Gasteiger partial charge in [-0.25, -0.2) is 9.48 Å². The zero-order chi connectivity index (χ0) is 20.4. The fourth-order valence-corrected chi connectivity index (χ4v) is 3.55. The molecule has 0 unspecified atom stereocenters. The summed E-state index contributed by atoms with van der Waals surface area (Å²) in [6.07, 6.45) is 0.240. The van der Waals surface area contributed by atoms with Crippen LogP contribution in [0, 0.1) is 0 Å². The van der Waals surface area contributed by atoms with Gasteiger partial charge in [0, 0.05) is 24.6 Å². The minimum absolute atomic E-state index is 0.194. The zero-order valence-electron chi connectivity index (χ0n) is 15.6. The molecule has 29 heavy (non-hydrogen) atoms. The van der Waals surface area contributed by atoms with Crippen LogP contribution in [0.2, 0.25) is 0 Å². The van der Waals surface area contributed by atoms with Gasteiger partial charge in [0.2, 0.25) is 5.91 Å². The molecule has 7 heteroatoms. The molecule has 0 aliphatic carbocycles. The first-order valence-corrected chi connectivity index (χ1v) is 9.25. The lowest BCUT2D eigenvalue weighted by Gasteiger charge is -2.34. The predicted octanol–water partition coefficient (Wildman–Crippen LogP) is 1.95. The van der Waals surface area contributed by atoms with Gasteiger partial charge in [-0.05, 0) is 17.2 Å². The maximum Gasteiger partial charge on any atom is 0.326 e. The second-order valence-electron chi connectivity index (χ2n) is 6.93. The van der Waals surface area contributed by atoms with E-state index >= 15 is 0 Å². The van der Waals surface area contributed by atoms with Crippen LogP contribution in [0.1, 0.15) is 11.1 Å². The van der Waals surface area contributed by atoms with Crippen molar-refractivity contribution in [2.45, 2.75) is 25.6 Å². The fourth-order valence-electron chi connectivity index (χ4n) is 3.55. The molecule has 1 N–H and O–H groups in total. The van der Waals surface area contributed by atoms with E-state index in [1.807, 2.05) is 54.6 Å². The third-order valence-corrected chi connectivity index (χ3v) is 5.08. The van der Waals surface area contributed by atoms with Gasteiger partial charge in [0.25, 0.3) is 5.56 Å². The van der Waals surface area contributed by atoms with Gasteiger partial charge < -0.3 is 10.0 Å². The number of carboxylic acid groups (broad SMARTS) is 1. The van der Waals surface area contributed by atoms with Crippen molar-refractivity contribution >= 4 is 11.9 Å². The second-order valence-corrected chi connectivity index (χ2v) is 6.93. The third kappa shape index (κ3) is 3.80. The van der Waals surface area contributed by atoms with Crippen LogP contribution in [0.3, 0.4) is 0 Å². The topological polar surface area (TPSA) is 92.5 Å². The maximum atomic E-state index is 13.0. The van der Waals surface area contributed by atoms with E-state index in [9.17, 15) is 19.5 Å². The predicted molar refractivity (Wildman–Crippen MR) is 106 cm³/mol. The molecule has 1 amide bonds. The quantitative estimate of drug-likeness (QED) is 0.736. The van der Waals surface area contributed by atoms with E-state index in [1.165, 1.54) is 11.0 Å². The number of fused-ring (bicyclic) bond motifs is 1. The van der Waals surface area contributed by atoms with Crippen LogP contribution >= 0.6 is 0 Å². The number of carboxylic acids is 1. The summed E-state index contributed by atoms with van der Waals surface area (Å²) in [4.78, 5) is 38.3. The first-order chi connectivity index (χ1) is 14.0. The molecule has 0 saturated carbocycles. The maximum absolute atomic E-state index is 13.0. The number of carbonyl (C=O) groups is 2. The van der Waals surface area contributed by atoms with Gasteiger partial charge in [-0.15, -0.1) is 0 Å². The summed E-state index contributed by atoms with van der Waals surface area (Å²) in [5.41, 5.74) is 2.81. The Bertz CT molecular complexity index is 1120. The molecule has 7 nitrogen and oxygen atoms in total. The van der Waals surface area contributed by atoms with Crippen molar-refractivity contribution in [3.63, 3.8) is 0 Å². The number of aliphatic carboxylic acids is 1. The van der Waals surface area contributed by atoms with Crippen molar-refractivity contribution < 1.29 is 14.7 Å². The Kier molecular flexibility index (Phi) is 4.95. The number of aromatic nitrogens is 2. The van der Waals surface area contributed by atoms with E-state index in [0.29, 0.717) is 5.69 Å². The van der Waals surface area contributed by atoms with Gasteiger partial charge in [0.1, 0.15) is 12.6 Å². The minimum Gasteiger partial charge on any atom is -0.480 e. The molecule has 1 aromatic heterocycles. The van der Waals surface area contributed by atoms with Crippen molar-refractivity contribution in [1.29, 1.82) is 0 Å². The number of amides is 1. The normalized spacial score (nSPS) is 15.6. The molecule has 0 radical (unpaired) electrons. The summed E-state index contributed by atoms with van der Waals surface area (Å²) < 4.78 is 1.09. The van der Waals surface area contributed by atoms with Crippen LogP contribution in [0.15, 0.2) is 71.5 Å². The second kappa shape index (κ2) is 7.71. The van der Waals surface area contributed by atoms with Gasteiger partial charge in [-0.3, -0.25) is 9.59 Å². The van der Waals surface area contributed by atoms with Gasteiger partial charge >= 0.3 is 5.97 Å². The van der Waals surface area contributed by atoms with E-state index in [1.54, 1.807) is 6.07 Å². The Labute approximate surface area is 166 Å². The molecule has 1 aliphatic heterocycles. The lowest BCUT2D eigenvalue weighted by Crippen LogP contribution is -2.50. The van der Waals surface area contributed by atoms with E-state index in [-0.39, 0.29) is 19.5 Å². The molecule has 0 spiro atoms. The van der Waals surface area contributed by atoms with Crippen LogP contribution in [0.25, 0.3) is 11.3 Å². The molecule has 0 saturated heterocycles. The molecule has 3 aromatic rings. The lowest BCUT2D eigenvalue weighted by atomic mass is 9.94. The highest BCUT2D eigenvalue weighted by Crippen LogP contribution is 2.24. The summed E-state index contributed by atoms with van der Waals surface area (Å²) in [7, 11) is 0. The fraction of sp³-hybridized carbons (Fsp3) is 0.182. The number of rotatable bonds is 4. The zero-order valence-corrected chi connectivity index (χ0v) is 15.6. The van der Waals surface area contributed by atoms with Crippen LogP contribution in [-0.2, 0) is 29.1 Å². The van der Waals surface area contributed by atoms with Crippen molar-refractivity contribution in [1.82, 2.24) is 14.7 Å². The molecule has 1 atom stereocenters. The number of carbonyl (C=O) groups excluding carboxylic acids is 1. The van der Waals surface area contributed by atoms with Gasteiger partial charge in [-0.2, -0.15) is 5.10 Å². The van der Waals surface area contributed by atoms with E-state index in [4.69, 9.17) is 0 Å². The molecule has 146 valence electrons. The van der Waals surface area contributed by atoms with E-state index < -0.39 is 23.5 Å². The highest BCUT2D eigenvalue weighted by molar-refractivity contribution is 5.84. The molecule has 0 bridgehead atoms. The largest absolute Gasteiger partial charge is 0.480 e. The number of benzene rings is 2. The molecular weight excluding hydrogens is 370 g/mol. The van der Waals surface area contributed by atoms with Crippen molar-refractivity contribution in [2.75, 3.05) is 0 Å². The summed E-state index contributed by atoms with van der Waals surface area (Å²) in [6.45, 7) is -0.120. The summed E-state index contributed by atoms with van der Waals surface area (Å²) in [5.74, 6) is -1.52.